The number of hydrogen-bond acceptors (Lipinski definition) is 2. The lowest BCUT2D eigenvalue weighted by Gasteiger charge is -2.09. The van der Waals surface area contributed by atoms with Crippen LogP contribution in [0.3, 0.4) is 0 Å². The zero-order chi connectivity index (χ0) is 10.8. The van der Waals surface area contributed by atoms with Gasteiger partial charge in [-0.05, 0) is 11.8 Å². The molecule has 0 amide bonds. The molecule has 0 spiro atoms. The molecular weight excluding hydrogens is 195 g/mol. The Morgan fingerprint density at radius 2 is 2.00 bits per heavy atom. The highest BCUT2D eigenvalue weighted by Gasteiger charge is 2.44. The maximum absolute atomic E-state index is 11.6. The van der Waals surface area contributed by atoms with E-state index in [0.29, 0.717) is 18.0 Å². The topological polar surface area (TPSA) is 21.3 Å². The second-order valence-corrected chi connectivity index (χ2v) is 4.37. The van der Waals surface area contributed by atoms with Gasteiger partial charge in [-0.15, -0.1) is 0 Å². The summed E-state index contributed by atoms with van der Waals surface area (Å²) in [6.45, 7) is 3.71. The van der Waals surface area contributed by atoms with Crippen LogP contribution in [0.1, 0.15) is 20.3 Å². The maximum Gasteiger partial charge on any atom is 0.411 e. The summed E-state index contributed by atoms with van der Waals surface area (Å²) in [5.41, 5.74) is 0.310. The average molecular weight is 211 g/mol. The molecule has 1 unspecified atom stereocenters. The van der Waals surface area contributed by atoms with Gasteiger partial charge in [0, 0.05) is 12.6 Å². The molecule has 0 aromatic rings. The van der Waals surface area contributed by atoms with Crippen molar-refractivity contribution in [2.45, 2.75) is 32.5 Å². The van der Waals surface area contributed by atoms with Gasteiger partial charge in [-0.3, -0.25) is 0 Å². The molecule has 1 saturated carbocycles. The molecule has 0 aromatic carbocycles. The van der Waals surface area contributed by atoms with Gasteiger partial charge in [-0.1, -0.05) is 13.8 Å². The van der Waals surface area contributed by atoms with Crippen LogP contribution in [0.25, 0.3) is 0 Å². The minimum Gasteiger partial charge on any atom is -0.371 e. The molecule has 0 bridgehead atoms. The largest absolute Gasteiger partial charge is 0.411 e. The van der Waals surface area contributed by atoms with Crippen molar-refractivity contribution in [1.82, 2.24) is 5.32 Å². The van der Waals surface area contributed by atoms with Gasteiger partial charge in [-0.2, -0.15) is 13.2 Å². The Bertz CT molecular complexity index is 191. The normalized spacial score (nSPS) is 25.1. The second-order valence-electron chi connectivity index (χ2n) is 4.37. The third kappa shape index (κ3) is 4.28. The average Bonchev–Trinajstić information content (AvgIpc) is 2.56. The highest BCUT2D eigenvalue weighted by atomic mass is 19.4. The van der Waals surface area contributed by atoms with Gasteiger partial charge in [0.2, 0.25) is 0 Å². The molecule has 0 saturated heterocycles. The summed E-state index contributed by atoms with van der Waals surface area (Å²) in [5.74, 6) is 0. The number of rotatable bonds is 5. The standard InChI is InChI=1S/C9H16F3NO/c1-8(2)5-7(8)13-3-4-14-6-9(10,11)12/h7,13H,3-6H2,1-2H3. The Balaban J connectivity index is 1.91. The maximum atomic E-state index is 11.6. The first-order valence-corrected chi connectivity index (χ1v) is 4.69. The van der Waals surface area contributed by atoms with Gasteiger partial charge in [0.05, 0.1) is 6.61 Å². The number of alkyl halides is 3. The lowest BCUT2D eigenvalue weighted by Crippen LogP contribution is -2.27. The summed E-state index contributed by atoms with van der Waals surface area (Å²) < 4.78 is 39.4. The van der Waals surface area contributed by atoms with Gasteiger partial charge in [0.25, 0.3) is 0 Å². The van der Waals surface area contributed by atoms with E-state index >= 15 is 0 Å². The van der Waals surface area contributed by atoms with Crippen LogP contribution in [0, 0.1) is 5.41 Å². The summed E-state index contributed by atoms with van der Waals surface area (Å²) in [4.78, 5) is 0. The van der Waals surface area contributed by atoms with E-state index in [1.165, 1.54) is 0 Å². The molecule has 0 aromatic heterocycles. The lowest BCUT2D eigenvalue weighted by molar-refractivity contribution is -0.173. The number of nitrogens with one attached hydrogen (secondary N) is 1. The fraction of sp³-hybridized carbons (Fsp3) is 1.00. The van der Waals surface area contributed by atoms with E-state index in [1.54, 1.807) is 0 Å². The lowest BCUT2D eigenvalue weighted by atomic mass is 10.2. The molecule has 1 N–H and O–H groups in total. The van der Waals surface area contributed by atoms with Crippen molar-refractivity contribution in [2.75, 3.05) is 19.8 Å². The summed E-state index contributed by atoms with van der Waals surface area (Å²) in [5, 5.41) is 3.14. The molecule has 0 heterocycles. The number of halogens is 3. The number of ether oxygens (including phenoxy) is 1. The van der Waals surface area contributed by atoms with E-state index in [0.717, 1.165) is 6.42 Å². The van der Waals surface area contributed by atoms with Crippen LogP contribution in [-0.2, 0) is 4.74 Å². The third-order valence-electron chi connectivity index (χ3n) is 2.42. The van der Waals surface area contributed by atoms with E-state index in [-0.39, 0.29) is 6.61 Å². The van der Waals surface area contributed by atoms with Crippen molar-refractivity contribution >= 4 is 0 Å². The fourth-order valence-electron chi connectivity index (χ4n) is 1.31. The molecule has 1 rings (SSSR count). The minimum absolute atomic E-state index is 0.117. The first-order chi connectivity index (χ1) is 6.31. The Hall–Kier alpha value is -0.290. The molecule has 1 atom stereocenters. The zero-order valence-corrected chi connectivity index (χ0v) is 8.45. The molecule has 2 nitrogen and oxygen atoms in total. The number of hydrogen-bond donors (Lipinski definition) is 1. The Morgan fingerprint density at radius 3 is 2.43 bits per heavy atom. The fourth-order valence-corrected chi connectivity index (χ4v) is 1.31. The predicted molar refractivity (Wildman–Crippen MR) is 47.1 cm³/mol. The monoisotopic (exact) mass is 211 g/mol. The molecule has 1 aliphatic carbocycles. The van der Waals surface area contributed by atoms with E-state index in [1.807, 2.05) is 0 Å². The highest BCUT2D eigenvalue weighted by Crippen LogP contribution is 2.44. The van der Waals surface area contributed by atoms with Crippen molar-refractivity contribution in [3.8, 4) is 0 Å². The first-order valence-electron chi connectivity index (χ1n) is 4.69. The summed E-state index contributed by atoms with van der Waals surface area (Å²) >= 11 is 0. The van der Waals surface area contributed by atoms with Crippen molar-refractivity contribution < 1.29 is 17.9 Å². The van der Waals surface area contributed by atoms with Gasteiger partial charge < -0.3 is 10.1 Å². The van der Waals surface area contributed by atoms with Crippen LogP contribution in [0.15, 0.2) is 0 Å². The van der Waals surface area contributed by atoms with E-state index in [9.17, 15) is 13.2 Å². The molecule has 1 aliphatic rings. The minimum atomic E-state index is -4.21. The van der Waals surface area contributed by atoms with Crippen LogP contribution >= 0.6 is 0 Å². The quantitative estimate of drug-likeness (QED) is 0.702. The van der Waals surface area contributed by atoms with Crippen LogP contribution in [0.2, 0.25) is 0 Å². The van der Waals surface area contributed by atoms with E-state index in [2.05, 4.69) is 23.9 Å². The highest BCUT2D eigenvalue weighted by molar-refractivity contribution is 5.01. The molecule has 14 heavy (non-hydrogen) atoms. The molecule has 1 fully saturated rings. The van der Waals surface area contributed by atoms with E-state index in [4.69, 9.17) is 0 Å². The third-order valence-corrected chi connectivity index (χ3v) is 2.42. The Labute approximate surface area is 81.8 Å². The smallest absolute Gasteiger partial charge is 0.371 e. The van der Waals surface area contributed by atoms with Crippen LogP contribution in [-0.4, -0.2) is 32.0 Å². The van der Waals surface area contributed by atoms with Gasteiger partial charge in [0.1, 0.15) is 6.61 Å². The first kappa shape index (κ1) is 11.8. The van der Waals surface area contributed by atoms with Crippen LogP contribution in [0.5, 0.6) is 0 Å². The van der Waals surface area contributed by atoms with Gasteiger partial charge in [-0.25, -0.2) is 0 Å². The van der Waals surface area contributed by atoms with Gasteiger partial charge in [0.15, 0.2) is 0 Å². The summed E-state index contributed by atoms with van der Waals surface area (Å²) in [6, 6.07) is 0.442. The van der Waals surface area contributed by atoms with Crippen molar-refractivity contribution in [1.29, 1.82) is 0 Å². The van der Waals surface area contributed by atoms with Crippen LogP contribution < -0.4 is 5.32 Å². The van der Waals surface area contributed by atoms with Crippen molar-refractivity contribution in [3.05, 3.63) is 0 Å². The molecule has 0 radical (unpaired) electrons. The zero-order valence-electron chi connectivity index (χ0n) is 8.45. The van der Waals surface area contributed by atoms with Crippen molar-refractivity contribution in [3.63, 3.8) is 0 Å². The second kappa shape index (κ2) is 4.06. The molecular formula is C9H16F3NO. The van der Waals surface area contributed by atoms with Gasteiger partial charge >= 0.3 is 6.18 Å². The SMILES string of the molecule is CC1(C)CC1NCCOCC(F)(F)F. The summed E-state index contributed by atoms with van der Waals surface area (Å²) in [7, 11) is 0. The molecule has 5 heteroatoms. The molecule has 0 aliphatic heterocycles. The Morgan fingerprint density at radius 1 is 1.43 bits per heavy atom. The Kier molecular flexibility index (Phi) is 3.42. The van der Waals surface area contributed by atoms with E-state index < -0.39 is 12.8 Å². The predicted octanol–water partition coefficient (Wildman–Crippen LogP) is 1.95. The van der Waals surface area contributed by atoms with Crippen molar-refractivity contribution in [2.24, 2.45) is 5.41 Å². The van der Waals surface area contributed by atoms with Crippen LogP contribution in [0.4, 0.5) is 13.2 Å². The summed E-state index contributed by atoms with van der Waals surface area (Å²) in [6.07, 6.45) is -3.12. The molecule has 84 valence electrons.